The molecule has 1 atom stereocenters. The number of thiazole rings is 1. The number of nitrogens with two attached hydrogens (primary N) is 1. The van der Waals surface area contributed by atoms with Crippen molar-refractivity contribution in [1.82, 2.24) is 4.98 Å². The minimum Gasteiger partial charge on any atom is -0.494 e. The number of nitrogens with zero attached hydrogens (tertiary/aromatic N) is 2. The van der Waals surface area contributed by atoms with Gasteiger partial charge in [0.05, 0.1) is 22.6 Å². The van der Waals surface area contributed by atoms with Gasteiger partial charge in [-0.15, -0.1) is 11.3 Å². The van der Waals surface area contributed by atoms with Crippen LogP contribution >= 0.6 is 34.7 Å². The molecule has 2 aromatic carbocycles. The summed E-state index contributed by atoms with van der Waals surface area (Å²) in [5, 5.41) is 4.31. The normalized spacial score (nSPS) is 12.6. The molecule has 0 aliphatic rings. The summed E-state index contributed by atoms with van der Waals surface area (Å²) < 4.78 is 13.0. The highest BCUT2D eigenvalue weighted by Crippen LogP contribution is 2.31. The molecular weight excluding hydrogens is 458 g/mol. The Balaban J connectivity index is 1.52. The first-order valence-electron chi connectivity index (χ1n) is 9.48. The Morgan fingerprint density at radius 1 is 1.32 bits per heavy atom. The molecule has 1 heterocycles. The Bertz CT molecular complexity index is 1100. The Morgan fingerprint density at radius 3 is 2.87 bits per heavy atom. The van der Waals surface area contributed by atoms with Gasteiger partial charge in [-0.05, 0) is 62.7 Å². The molecule has 31 heavy (non-hydrogen) atoms. The number of rotatable bonds is 9. The molecular formula is C21H22ClN3O4S2. The molecule has 0 saturated heterocycles. The second-order valence-corrected chi connectivity index (χ2v) is 9.18. The van der Waals surface area contributed by atoms with Gasteiger partial charge in [0.15, 0.2) is 16.3 Å². The number of amidine groups is 1. The number of aromatic nitrogens is 1. The zero-order chi connectivity index (χ0) is 22.4. The van der Waals surface area contributed by atoms with Gasteiger partial charge < -0.3 is 20.0 Å². The van der Waals surface area contributed by atoms with E-state index in [4.69, 9.17) is 31.6 Å². The molecule has 10 heteroatoms. The quantitative estimate of drug-likeness (QED) is 0.151. The summed E-state index contributed by atoms with van der Waals surface area (Å²) in [5.74, 6) is 1.21. The van der Waals surface area contributed by atoms with Gasteiger partial charge in [-0.2, -0.15) is 0 Å². The van der Waals surface area contributed by atoms with Gasteiger partial charge in [0.1, 0.15) is 11.5 Å². The van der Waals surface area contributed by atoms with Crippen LogP contribution in [0.4, 0.5) is 0 Å². The number of hydrogen-bond acceptors (Lipinski definition) is 8. The average molecular weight is 480 g/mol. The molecule has 0 aliphatic carbocycles. The van der Waals surface area contributed by atoms with Crippen LogP contribution in [0.3, 0.4) is 0 Å². The van der Waals surface area contributed by atoms with E-state index in [0.717, 1.165) is 25.9 Å². The Hall–Kier alpha value is -2.49. The zero-order valence-corrected chi connectivity index (χ0v) is 19.6. The van der Waals surface area contributed by atoms with Gasteiger partial charge >= 0.3 is 5.97 Å². The lowest BCUT2D eigenvalue weighted by molar-refractivity contribution is -0.151. The maximum Gasteiger partial charge on any atom is 0.374 e. The van der Waals surface area contributed by atoms with Crippen molar-refractivity contribution >= 4 is 56.7 Å². The summed E-state index contributed by atoms with van der Waals surface area (Å²) in [7, 11) is 0. The smallest absolute Gasteiger partial charge is 0.374 e. The van der Waals surface area contributed by atoms with Crippen LogP contribution in [0.15, 0.2) is 45.9 Å². The predicted molar refractivity (Wildman–Crippen MR) is 126 cm³/mol. The molecule has 0 fully saturated rings. The van der Waals surface area contributed by atoms with Crippen molar-refractivity contribution in [3.8, 4) is 11.5 Å². The van der Waals surface area contributed by atoms with E-state index in [-0.39, 0.29) is 5.84 Å². The van der Waals surface area contributed by atoms with Crippen LogP contribution in [-0.4, -0.2) is 35.3 Å². The number of halogens is 1. The topological polar surface area (TPSA) is 96.0 Å². The van der Waals surface area contributed by atoms with Gasteiger partial charge in [0, 0.05) is 5.02 Å². The fraction of sp³-hybridized carbons (Fsp3) is 0.286. The Morgan fingerprint density at radius 2 is 2.13 bits per heavy atom. The molecule has 0 saturated carbocycles. The third-order valence-corrected chi connectivity index (χ3v) is 6.45. The number of thioether (sulfide) groups is 1. The van der Waals surface area contributed by atoms with E-state index < -0.39 is 12.1 Å². The summed E-state index contributed by atoms with van der Waals surface area (Å²) in [6, 6.07) is 10.9. The van der Waals surface area contributed by atoms with Gasteiger partial charge in [0.2, 0.25) is 0 Å². The van der Waals surface area contributed by atoms with Crippen molar-refractivity contribution in [2.75, 3.05) is 12.4 Å². The Kier molecular flexibility index (Phi) is 8.00. The first-order chi connectivity index (χ1) is 14.9. The average Bonchev–Trinajstić information content (AvgIpc) is 3.15. The van der Waals surface area contributed by atoms with Gasteiger partial charge in [-0.25, -0.2) is 9.78 Å². The maximum absolute atomic E-state index is 12.1. The van der Waals surface area contributed by atoms with E-state index in [9.17, 15) is 4.79 Å². The minimum absolute atomic E-state index is 0.169. The molecule has 7 nitrogen and oxygen atoms in total. The molecule has 1 unspecified atom stereocenters. The second-order valence-electron chi connectivity index (χ2n) is 6.49. The molecule has 0 spiro atoms. The van der Waals surface area contributed by atoms with E-state index in [1.165, 1.54) is 23.1 Å². The third kappa shape index (κ3) is 6.49. The van der Waals surface area contributed by atoms with E-state index in [1.807, 2.05) is 32.0 Å². The lowest BCUT2D eigenvalue weighted by Gasteiger charge is -2.14. The van der Waals surface area contributed by atoms with Crippen LogP contribution in [0.1, 0.15) is 19.4 Å². The summed E-state index contributed by atoms with van der Waals surface area (Å²) in [6.45, 7) is 5.97. The minimum atomic E-state index is -0.854. The SMILES string of the molecule is CCOc1ccc2nc(SC/C(N)=N/OC(=O)C(C)Oc3ccc(Cl)cc3C)sc2c1. The van der Waals surface area contributed by atoms with Gasteiger partial charge in [0.25, 0.3) is 0 Å². The number of fused-ring (bicyclic) bond motifs is 1. The molecule has 0 amide bonds. The van der Waals surface area contributed by atoms with Crippen molar-refractivity contribution in [2.24, 2.45) is 10.9 Å². The molecule has 3 rings (SSSR count). The first kappa shape index (κ1) is 23.2. The summed E-state index contributed by atoms with van der Waals surface area (Å²) >= 11 is 8.88. The molecule has 0 bridgehead atoms. The number of ether oxygens (including phenoxy) is 2. The van der Waals surface area contributed by atoms with Crippen molar-refractivity contribution < 1.29 is 19.1 Å². The second kappa shape index (κ2) is 10.7. The van der Waals surface area contributed by atoms with Crippen molar-refractivity contribution in [2.45, 2.75) is 31.2 Å². The summed E-state index contributed by atoms with van der Waals surface area (Å²) in [6.07, 6.45) is -0.854. The number of aryl methyl sites for hydroxylation is 1. The summed E-state index contributed by atoms with van der Waals surface area (Å²) in [5.41, 5.74) is 7.58. The van der Waals surface area contributed by atoms with E-state index >= 15 is 0 Å². The van der Waals surface area contributed by atoms with Gasteiger partial charge in [-0.3, -0.25) is 0 Å². The van der Waals surface area contributed by atoms with Crippen LogP contribution in [0, 0.1) is 6.92 Å². The van der Waals surface area contributed by atoms with Crippen LogP contribution in [0.25, 0.3) is 10.2 Å². The van der Waals surface area contributed by atoms with Crippen LogP contribution in [0.2, 0.25) is 5.02 Å². The maximum atomic E-state index is 12.1. The number of benzene rings is 2. The van der Waals surface area contributed by atoms with Crippen LogP contribution in [0.5, 0.6) is 11.5 Å². The number of hydrogen-bond donors (Lipinski definition) is 1. The van der Waals surface area contributed by atoms with Crippen LogP contribution in [-0.2, 0) is 9.63 Å². The third-order valence-electron chi connectivity index (χ3n) is 4.02. The fourth-order valence-corrected chi connectivity index (χ4v) is 4.65. The van der Waals surface area contributed by atoms with Crippen LogP contribution < -0.4 is 15.2 Å². The van der Waals surface area contributed by atoms with E-state index in [1.54, 1.807) is 25.1 Å². The molecule has 0 radical (unpaired) electrons. The number of carbonyl (C=O) groups is 1. The van der Waals surface area contributed by atoms with E-state index in [0.29, 0.717) is 23.1 Å². The predicted octanol–water partition coefficient (Wildman–Crippen LogP) is 5.03. The standard InChI is InChI=1S/C21H22ClN3O4S2/c1-4-27-15-6-7-16-18(10-15)31-21(24-16)30-11-19(23)25-29-20(26)13(3)28-17-8-5-14(22)9-12(17)2/h5-10,13H,4,11H2,1-3H3,(H2,23,25). The lowest BCUT2D eigenvalue weighted by atomic mass is 10.2. The van der Waals surface area contributed by atoms with Crippen molar-refractivity contribution in [3.05, 3.63) is 47.0 Å². The van der Waals surface area contributed by atoms with Gasteiger partial charge in [-0.1, -0.05) is 28.5 Å². The summed E-state index contributed by atoms with van der Waals surface area (Å²) in [4.78, 5) is 21.6. The molecule has 2 N–H and O–H groups in total. The van der Waals surface area contributed by atoms with Crippen molar-refractivity contribution in [3.63, 3.8) is 0 Å². The molecule has 0 aliphatic heterocycles. The van der Waals surface area contributed by atoms with E-state index in [2.05, 4.69) is 10.1 Å². The number of carbonyl (C=O) groups excluding carboxylic acids is 1. The number of oxime groups is 1. The monoisotopic (exact) mass is 479 g/mol. The molecule has 3 aromatic rings. The zero-order valence-electron chi connectivity index (χ0n) is 17.3. The first-order valence-corrected chi connectivity index (χ1v) is 11.7. The molecule has 164 valence electrons. The largest absolute Gasteiger partial charge is 0.494 e. The lowest BCUT2D eigenvalue weighted by Crippen LogP contribution is -2.26. The Labute approximate surface area is 193 Å². The highest BCUT2D eigenvalue weighted by molar-refractivity contribution is 8.01. The highest BCUT2D eigenvalue weighted by atomic mass is 35.5. The molecule has 1 aromatic heterocycles. The van der Waals surface area contributed by atoms with Crippen molar-refractivity contribution in [1.29, 1.82) is 0 Å². The highest BCUT2D eigenvalue weighted by Gasteiger charge is 2.18. The fourth-order valence-electron chi connectivity index (χ4n) is 2.53.